The fourth-order valence-electron chi connectivity index (χ4n) is 2.40. The van der Waals surface area contributed by atoms with Gasteiger partial charge in [0.05, 0.1) is 5.69 Å². The molecule has 1 aromatic rings. The molecule has 0 spiro atoms. The van der Waals surface area contributed by atoms with E-state index >= 15 is 0 Å². The molecular weight excluding hydrogens is 216 g/mol. The number of likely N-dealkylation sites (tertiary alicyclic amines) is 1. The van der Waals surface area contributed by atoms with Gasteiger partial charge in [0.2, 0.25) is 5.91 Å². The van der Waals surface area contributed by atoms with Crippen LogP contribution in [0.2, 0.25) is 0 Å². The van der Waals surface area contributed by atoms with Crippen LogP contribution in [-0.2, 0) is 4.79 Å². The quantitative estimate of drug-likeness (QED) is 0.809. The Morgan fingerprint density at radius 3 is 2.53 bits per heavy atom. The second kappa shape index (κ2) is 4.90. The molecule has 94 valence electrons. The summed E-state index contributed by atoms with van der Waals surface area (Å²) in [4.78, 5) is 14.4. The zero-order valence-corrected chi connectivity index (χ0v) is 10.8. The third-order valence-corrected chi connectivity index (χ3v) is 3.30. The number of aromatic nitrogens is 1. The number of carbonyl (C=O) groups excluding carboxylic acids is 1. The lowest BCUT2D eigenvalue weighted by Crippen LogP contribution is -2.34. The van der Waals surface area contributed by atoms with Crippen molar-refractivity contribution in [2.45, 2.75) is 39.5 Å². The Bertz CT molecular complexity index is 392. The van der Waals surface area contributed by atoms with Crippen LogP contribution in [0, 0.1) is 12.8 Å². The van der Waals surface area contributed by atoms with Crippen molar-refractivity contribution in [2.75, 3.05) is 13.1 Å². The highest BCUT2D eigenvalue weighted by Crippen LogP contribution is 2.28. The molecule has 1 atom stereocenters. The van der Waals surface area contributed by atoms with Gasteiger partial charge in [-0.3, -0.25) is 4.79 Å². The van der Waals surface area contributed by atoms with E-state index in [1.165, 1.54) is 0 Å². The van der Waals surface area contributed by atoms with Crippen molar-refractivity contribution in [2.24, 2.45) is 5.92 Å². The van der Waals surface area contributed by atoms with Gasteiger partial charge < -0.3 is 9.42 Å². The Morgan fingerprint density at radius 2 is 2.06 bits per heavy atom. The average Bonchev–Trinajstić information content (AvgIpc) is 2.88. The Hall–Kier alpha value is -1.32. The summed E-state index contributed by atoms with van der Waals surface area (Å²) in [6.45, 7) is 7.75. The third kappa shape index (κ3) is 2.51. The summed E-state index contributed by atoms with van der Waals surface area (Å²) >= 11 is 0. The smallest absolute Gasteiger partial charge is 0.233 e. The first-order valence-electron chi connectivity index (χ1n) is 6.31. The van der Waals surface area contributed by atoms with Gasteiger partial charge in [-0.2, -0.15) is 0 Å². The van der Waals surface area contributed by atoms with Crippen LogP contribution >= 0.6 is 0 Å². The number of rotatable bonds is 3. The highest BCUT2D eigenvalue weighted by molar-refractivity contribution is 5.83. The van der Waals surface area contributed by atoms with E-state index in [2.05, 4.69) is 19.0 Å². The van der Waals surface area contributed by atoms with Crippen LogP contribution in [0.1, 0.15) is 44.1 Å². The molecule has 2 heterocycles. The van der Waals surface area contributed by atoms with E-state index in [0.29, 0.717) is 5.76 Å². The van der Waals surface area contributed by atoms with Gasteiger partial charge in [-0.05, 0) is 25.7 Å². The van der Waals surface area contributed by atoms with Crippen LogP contribution in [0.15, 0.2) is 10.6 Å². The molecule has 1 saturated heterocycles. The summed E-state index contributed by atoms with van der Waals surface area (Å²) in [6, 6.07) is 1.87. The normalized spacial score (nSPS) is 17.8. The Morgan fingerprint density at radius 1 is 1.41 bits per heavy atom. The first-order valence-corrected chi connectivity index (χ1v) is 6.31. The van der Waals surface area contributed by atoms with Gasteiger partial charge in [0.15, 0.2) is 0 Å². The molecule has 1 amide bonds. The molecular formula is C13H20N2O2. The predicted molar refractivity (Wildman–Crippen MR) is 64.6 cm³/mol. The first-order chi connectivity index (χ1) is 8.09. The lowest BCUT2D eigenvalue weighted by molar-refractivity contribution is -0.133. The second-order valence-corrected chi connectivity index (χ2v) is 5.12. The lowest BCUT2D eigenvalue weighted by atomic mass is 9.91. The van der Waals surface area contributed by atoms with E-state index in [0.717, 1.165) is 31.6 Å². The van der Waals surface area contributed by atoms with Crippen LogP contribution < -0.4 is 0 Å². The topological polar surface area (TPSA) is 46.3 Å². The van der Waals surface area contributed by atoms with Crippen LogP contribution in [-0.4, -0.2) is 29.1 Å². The van der Waals surface area contributed by atoms with E-state index in [-0.39, 0.29) is 17.7 Å². The predicted octanol–water partition coefficient (Wildman–Crippen LogP) is 2.35. The average molecular weight is 236 g/mol. The number of amides is 1. The van der Waals surface area contributed by atoms with Crippen molar-refractivity contribution >= 4 is 5.91 Å². The second-order valence-electron chi connectivity index (χ2n) is 5.12. The van der Waals surface area contributed by atoms with E-state index in [4.69, 9.17) is 4.52 Å². The maximum absolute atomic E-state index is 12.4. The van der Waals surface area contributed by atoms with Crippen molar-refractivity contribution in [3.05, 3.63) is 17.5 Å². The van der Waals surface area contributed by atoms with Crippen LogP contribution in [0.25, 0.3) is 0 Å². The molecule has 2 rings (SSSR count). The fourth-order valence-corrected chi connectivity index (χ4v) is 2.40. The van der Waals surface area contributed by atoms with Gasteiger partial charge in [0.1, 0.15) is 11.7 Å². The monoisotopic (exact) mass is 236 g/mol. The molecule has 17 heavy (non-hydrogen) atoms. The van der Waals surface area contributed by atoms with Crippen molar-refractivity contribution in [3.63, 3.8) is 0 Å². The van der Waals surface area contributed by atoms with E-state index in [1.54, 1.807) is 0 Å². The molecule has 0 aliphatic carbocycles. The van der Waals surface area contributed by atoms with Gasteiger partial charge >= 0.3 is 0 Å². The summed E-state index contributed by atoms with van der Waals surface area (Å²) in [5, 5.41) is 3.88. The minimum atomic E-state index is -0.186. The number of hydrogen-bond acceptors (Lipinski definition) is 3. The van der Waals surface area contributed by atoms with Crippen molar-refractivity contribution < 1.29 is 9.32 Å². The van der Waals surface area contributed by atoms with E-state index < -0.39 is 0 Å². The summed E-state index contributed by atoms with van der Waals surface area (Å²) < 4.78 is 5.27. The molecule has 1 fully saturated rings. The minimum absolute atomic E-state index is 0.186. The highest BCUT2D eigenvalue weighted by atomic mass is 16.5. The number of hydrogen-bond donors (Lipinski definition) is 0. The summed E-state index contributed by atoms with van der Waals surface area (Å²) in [7, 11) is 0. The van der Waals surface area contributed by atoms with E-state index in [1.807, 2.05) is 17.9 Å². The molecule has 4 heteroatoms. The van der Waals surface area contributed by atoms with Gasteiger partial charge in [-0.15, -0.1) is 0 Å². The zero-order valence-electron chi connectivity index (χ0n) is 10.8. The molecule has 0 bridgehead atoms. The number of carbonyl (C=O) groups is 1. The summed E-state index contributed by atoms with van der Waals surface area (Å²) in [6.07, 6.45) is 2.23. The minimum Gasteiger partial charge on any atom is -0.360 e. The van der Waals surface area contributed by atoms with Gasteiger partial charge in [-0.25, -0.2) is 0 Å². The lowest BCUT2D eigenvalue weighted by Gasteiger charge is -2.23. The number of nitrogens with zero attached hydrogens (tertiary/aromatic N) is 2. The van der Waals surface area contributed by atoms with Crippen LogP contribution in [0.4, 0.5) is 0 Å². The molecule has 0 radical (unpaired) electrons. The number of aryl methyl sites for hydroxylation is 1. The van der Waals surface area contributed by atoms with Crippen LogP contribution in [0.3, 0.4) is 0 Å². The largest absolute Gasteiger partial charge is 0.360 e. The molecule has 0 aromatic carbocycles. The Balaban J connectivity index is 2.19. The standard InChI is InChI=1S/C13H20N2O2/c1-9(2)12(11-8-10(3)14-17-11)13(16)15-6-4-5-7-15/h8-9,12H,4-7H2,1-3H3. The SMILES string of the molecule is Cc1cc(C(C(=O)N2CCCC2)C(C)C)on1. The van der Waals surface area contributed by atoms with E-state index in [9.17, 15) is 4.79 Å². The zero-order chi connectivity index (χ0) is 12.4. The van der Waals surface area contributed by atoms with Gasteiger partial charge in [-0.1, -0.05) is 19.0 Å². The van der Waals surface area contributed by atoms with Crippen LogP contribution in [0.5, 0.6) is 0 Å². The molecule has 1 unspecified atom stereocenters. The fraction of sp³-hybridized carbons (Fsp3) is 0.692. The molecule has 1 aromatic heterocycles. The molecule has 1 aliphatic heterocycles. The van der Waals surface area contributed by atoms with Crippen molar-refractivity contribution in [3.8, 4) is 0 Å². The van der Waals surface area contributed by atoms with Gasteiger partial charge in [0.25, 0.3) is 0 Å². The maximum Gasteiger partial charge on any atom is 0.233 e. The molecule has 4 nitrogen and oxygen atoms in total. The molecule has 1 aliphatic rings. The van der Waals surface area contributed by atoms with Crippen molar-refractivity contribution in [1.29, 1.82) is 0 Å². The van der Waals surface area contributed by atoms with Crippen molar-refractivity contribution in [1.82, 2.24) is 10.1 Å². The summed E-state index contributed by atoms with van der Waals surface area (Å²) in [5.74, 6) is 0.938. The Labute approximate surface area is 102 Å². The molecule has 0 N–H and O–H groups in total. The highest BCUT2D eigenvalue weighted by Gasteiger charge is 2.32. The third-order valence-electron chi connectivity index (χ3n) is 3.30. The maximum atomic E-state index is 12.4. The first kappa shape index (κ1) is 12.1. The Kier molecular flexibility index (Phi) is 3.50. The van der Waals surface area contributed by atoms with Gasteiger partial charge in [0, 0.05) is 19.2 Å². The molecule has 0 saturated carbocycles. The summed E-state index contributed by atoms with van der Waals surface area (Å²) in [5.41, 5.74) is 0.833.